The summed E-state index contributed by atoms with van der Waals surface area (Å²) in [5, 5.41) is 16.0. The van der Waals surface area contributed by atoms with Crippen molar-refractivity contribution in [3.05, 3.63) is 17.0 Å². The monoisotopic (exact) mass is 166 g/mol. The molecule has 0 spiro atoms. The molecule has 2 rings (SSSR count). The summed E-state index contributed by atoms with van der Waals surface area (Å²) in [5.74, 6) is 0. The average Bonchev–Trinajstić information content (AvgIpc) is 2.62. The standard InChI is InChI=1S/C9H14N2O/c12-6-2-5-9-7-3-1-4-8(7)10-11-9/h12H,1-6H2,(H,10,11). The van der Waals surface area contributed by atoms with E-state index in [1.807, 2.05) is 0 Å². The molecule has 0 aliphatic heterocycles. The maximum absolute atomic E-state index is 8.68. The third kappa shape index (κ3) is 1.25. The van der Waals surface area contributed by atoms with Crippen LogP contribution in [0.2, 0.25) is 0 Å². The molecule has 2 N–H and O–H groups in total. The number of fused-ring (bicyclic) bond motifs is 1. The Labute approximate surface area is 71.8 Å². The van der Waals surface area contributed by atoms with E-state index in [1.165, 1.54) is 29.8 Å². The quantitative estimate of drug-likeness (QED) is 0.698. The van der Waals surface area contributed by atoms with Gasteiger partial charge in [-0.3, -0.25) is 5.10 Å². The van der Waals surface area contributed by atoms with Crippen LogP contribution in [-0.2, 0) is 19.3 Å². The van der Waals surface area contributed by atoms with Crippen LogP contribution < -0.4 is 0 Å². The van der Waals surface area contributed by atoms with Gasteiger partial charge in [-0.05, 0) is 37.7 Å². The molecule has 1 aromatic rings. The van der Waals surface area contributed by atoms with Crippen LogP contribution in [0, 0.1) is 0 Å². The summed E-state index contributed by atoms with van der Waals surface area (Å²) in [6.07, 6.45) is 5.34. The number of hydrogen-bond donors (Lipinski definition) is 2. The number of aliphatic hydroxyl groups is 1. The highest BCUT2D eigenvalue weighted by molar-refractivity contribution is 5.29. The maximum Gasteiger partial charge on any atom is 0.0657 e. The van der Waals surface area contributed by atoms with Gasteiger partial charge in [-0.1, -0.05) is 0 Å². The summed E-state index contributed by atoms with van der Waals surface area (Å²) in [6, 6.07) is 0. The number of aromatic amines is 1. The van der Waals surface area contributed by atoms with Crippen LogP contribution in [0.15, 0.2) is 0 Å². The van der Waals surface area contributed by atoms with Crippen molar-refractivity contribution < 1.29 is 5.11 Å². The largest absolute Gasteiger partial charge is 0.396 e. The van der Waals surface area contributed by atoms with E-state index < -0.39 is 0 Å². The van der Waals surface area contributed by atoms with Crippen molar-refractivity contribution in [1.82, 2.24) is 10.2 Å². The van der Waals surface area contributed by atoms with Crippen molar-refractivity contribution in [1.29, 1.82) is 0 Å². The topological polar surface area (TPSA) is 48.9 Å². The van der Waals surface area contributed by atoms with Crippen LogP contribution in [-0.4, -0.2) is 21.9 Å². The lowest BCUT2D eigenvalue weighted by Gasteiger charge is -1.95. The second-order valence-electron chi connectivity index (χ2n) is 3.31. The Morgan fingerprint density at radius 2 is 2.33 bits per heavy atom. The highest BCUT2D eigenvalue weighted by atomic mass is 16.2. The summed E-state index contributed by atoms with van der Waals surface area (Å²) >= 11 is 0. The Morgan fingerprint density at radius 3 is 3.17 bits per heavy atom. The SMILES string of the molecule is OCCCc1n[nH]c2c1CCC2. The molecule has 66 valence electrons. The normalized spacial score (nSPS) is 15.1. The van der Waals surface area contributed by atoms with Gasteiger partial charge in [0.15, 0.2) is 0 Å². The van der Waals surface area contributed by atoms with Crippen LogP contribution in [0.25, 0.3) is 0 Å². The van der Waals surface area contributed by atoms with Crippen LogP contribution in [0.1, 0.15) is 29.8 Å². The van der Waals surface area contributed by atoms with Crippen LogP contribution >= 0.6 is 0 Å². The van der Waals surface area contributed by atoms with Crippen LogP contribution in [0.4, 0.5) is 0 Å². The van der Waals surface area contributed by atoms with E-state index in [1.54, 1.807) is 0 Å². The van der Waals surface area contributed by atoms with E-state index in [2.05, 4.69) is 10.2 Å². The first-order valence-electron chi connectivity index (χ1n) is 4.57. The zero-order valence-electron chi connectivity index (χ0n) is 7.14. The van der Waals surface area contributed by atoms with E-state index in [0.717, 1.165) is 19.3 Å². The first-order chi connectivity index (χ1) is 5.92. The Bertz CT molecular complexity index is 267. The minimum absolute atomic E-state index is 0.266. The van der Waals surface area contributed by atoms with Crippen molar-refractivity contribution in [2.24, 2.45) is 0 Å². The molecule has 12 heavy (non-hydrogen) atoms. The summed E-state index contributed by atoms with van der Waals surface area (Å²) in [7, 11) is 0. The number of nitrogens with one attached hydrogen (secondary N) is 1. The second kappa shape index (κ2) is 3.27. The van der Waals surface area contributed by atoms with E-state index in [9.17, 15) is 0 Å². The number of rotatable bonds is 3. The fourth-order valence-electron chi connectivity index (χ4n) is 1.84. The van der Waals surface area contributed by atoms with Crippen molar-refractivity contribution >= 4 is 0 Å². The predicted octanol–water partition coefficient (Wildman–Crippen LogP) is 0.823. The minimum atomic E-state index is 0.266. The zero-order valence-corrected chi connectivity index (χ0v) is 7.14. The summed E-state index contributed by atoms with van der Waals surface area (Å²) in [6.45, 7) is 0.266. The molecule has 1 aliphatic rings. The Balaban J connectivity index is 2.11. The fraction of sp³-hybridized carbons (Fsp3) is 0.667. The van der Waals surface area contributed by atoms with Gasteiger partial charge in [-0.15, -0.1) is 0 Å². The third-order valence-corrected chi connectivity index (χ3v) is 2.46. The minimum Gasteiger partial charge on any atom is -0.396 e. The maximum atomic E-state index is 8.68. The molecule has 0 saturated heterocycles. The number of hydrogen-bond acceptors (Lipinski definition) is 2. The van der Waals surface area contributed by atoms with Crippen molar-refractivity contribution in [2.45, 2.75) is 32.1 Å². The zero-order chi connectivity index (χ0) is 8.39. The average molecular weight is 166 g/mol. The Hall–Kier alpha value is -0.830. The lowest BCUT2D eigenvalue weighted by molar-refractivity contribution is 0.288. The second-order valence-corrected chi connectivity index (χ2v) is 3.31. The molecule has 1 aromatic heterocycles. The molecule has 0 fully saturated rings. The van der Waals surface area contributed by atoms with Gasteiger partial charge in [0.25, 0.3) is 0 Å². The predicted molar refractivity (Wildman–Crippen MR) is 46.0 cm³/mol. The van der Waals surface area contributed by atoms with Crippen molar-refractivity contribution in [2.75, 3.05) is 6.61 Å². The molecule has 0 bridgehead atoms. The smallest absolute Gasteiger partial charge is 0.0657 e. The summed E-state index contributed by atoms with van der Waals surface area (Å²) in [4.78, 5) is 0. The van der Waals surface area contributed by atoms with E-state index in [0.29, 0.717) is 0 Å². The molecule has 0 saturated carbocycles. The molecular formula is C9H14N2O. The van der Waals surface area contributed by atoms with Gasteiger partial charge in [0.1, 0.15) is 0 Å². The van der Waals surface area contributed by atoms with Crippen LogP contribution in [0.3, 0.4) is 0 Å². The molecule has 1 aliphatic carbocycles. The Kier molecular flexibility index (Phi) is 2.13. The van der Waals surface area contributed by atoms with Crippen molar-refractivity contribution in [3.8, 4) is 0 Å². The third-order valence-electron chi connectivity index (χ3n) is 2.46. The molecule has 0 unspecified atom stereocenters. The van der Waals surface area contributed by atoms with Gasteiger partial charge >= 0.3 is 0 Å². The number of aromatic nitrogens is 2. The highest BCUT2D eigenvalue weighted by Crippen LogP contribution is 2.23. The molecule has 0 atom stereocenters. The highest BCUT2D eigenvalue weighted by Gasteiger charge is 2.17. The number of aryl methyl sites for hydroxylation is 2. The van der Waals surface area contributed by atoms with Gasteiger partial charge in [0.2, 0.25) is 0 Å². The van der Waals surface area contributed by atoms with Gasteiger partial charge in [-0.25, -0.2) is 0 Å². The fourth-order valence-corrected chi connectivity index (χ4v) is 1.84. The Morgan fingerprint density at radius 1 is 1.42 bits per heavy atom. The van der Waals surface area contributed by atoms with Gasteiger partial charge < -0.3 is 5.11 Å². The molecule has 3 nitrogen and oxygen atoms in total. The van der Waals surface area contributed by atoms with E-state index in [-0.39, 0.29) is 6.61 Å². The number of nitrogens with zero attached hydrogens (tertiary/aromatic N) is 1. The first kappa shape index (κ1) is 7.80. The van der Waals surface area contributed by atoms with Gasteiger partial charge in [0.05, 0.1) is 5.69 Å². The molecule has 1 heterocycles. The number of H-pyrrole nitrogens is 1. The van der Waals surface area contributed by atoms with Gasteiger partial charge in [-0.2, -0.15) is 5.10 Å². The molecular weight excluding hydrogens is 152 g/mol. The lowest BCUT2D eigenvalue weighted by Crippen LogP contribution is -1.93. The summed E-state index contributed by atoms with van der Waals surface area (Å²) < 4.78 is 0. The van der Waals surface area contributed by atoms with Crippen LogP contribution in [0.5, 0.6) is 0 Å². The van der Waals surface area contributed by atoms with Crippen molar-refractivity contribution in [3.63, 3.8) is 0 Å². The lowest BCUT2D eigenvalue weighted by atomic mass is 10.1. The summed E-state index contributed by atoms with van der Waals surface area (Å²) in [5.41, 5.74) is 3.92. The van der Waals surface area contributed by atoms with Gasteiger partial charge in [0, 0.05) is 12.3 Å². The van der Waals surface area contributed by atoms with E-state index >= 15 is 0 Å². The molecule has 0 radical (unpaired) electrons. The van der Waals surface area contributed by atoms with E-state index in [4.69, 9.17) is 5.11 Å². The number of aliphatic hydroxyl groups excluding tert-OH is 1. The molecule has 0 amide bonds. The molecule has 0 aromatic carbocycles. The molecule has 3 heteroatoms. The first-order valence-corrected chi connectivity index (χ1v) is 4.57.